The predicted molar refractivity (Wildman–Crippen MR) is 188 cm³/mol. The Morgan fingerprint density at radius 2 is 1.86 bits per heavy atom. The molecule has 2 fully saturated rings. The van der Waals surface area contributed by atoms with Crippen LogP contribution in [0.2, 0.25) is 0 Å². The summed E-state index contributed by atoms with van der Waals surface area (Å²) in [5.41, 5.74) is 5.84. The summed E-state index contributed by atoms with van der Waals surface area (Å²) in [5, 5.41) is 29.3. The monoisotopic (exact) mass is 677 g/mol. The number of hydrogen-bond donors (Lipinski definition) is 2. The fourth-order valence-corrected chi connectivity index (χ4v) is 8.36. The quantitative estimate of drug-likeness (QED) is 0.212. The van der Waals surface area contributed by atoms with Crippen LogP contribution in [-0.2, 0) is 23.3 Å². The summed E-state index contributed by atoms with van der Waals surface area (Å²) in [6.07, 6.45) is 8.81. The number of hydrogen-bond acceptors (Lipinski definition) is 7. The molecule has 252 valence electrons. The maximum Gasteiger partial charge on any atom is 0.307 e. The van der Waals surface area contributed by atoms with E-state index in [9.17, 15) is 20.3 Å². The number of nitrogens with zero attached hydrogens (tertiary/aromatic N) is 5. The lowest BCUT2D eigenvalue weighted by Crippen LogP contribution is -2.48. The van der Waals surface area contributed by atoms with Crippen LogP contribution >= 0.6 is 11.6 Å². The van der Waals surface area contributed by atoms with Gasteiger partial charge in [-0.15, -0.1) is 11.6 Å². The summed E-state index contributed by atoms with van der Waals surface area (Å²) < 4.78 is 7.82. The molecule has 3 atom stereocenters. The van der Waals surface area contributed by atoms with Gasteiger partial charge in [0.2, 0.25) is 5.88 Å². The molecule has 3 unspecified atom stereocenters. The minimum atomic E-state index is -1.02. The number of nitriles is 1. The van der Waals surface area contributed by atoms with Gasteiger partial charge in [-0.25, -0.2) is 4.98 Å². The maximum atomic E-state index is 11.6. The van der Waals surface area contributed by atoms with Crippen LogP contribution in [0.25, 0.3) is 11.1 Å². The normalized spacial score (nSPS) is 24.5. The second-order valence-electron chi connectivity index (χ2n) is 13.6. The molecule has 0 saturated carbocycles. The standard InChI is InChI=1S/C39H40ClN5O4/c1-38(40)33(27-7-4-3-5-8-27)9-6-15-39(38,35-13-10-28(36(42-35)49-2)21-44-19-26(20-44)25-46)31-11-12-34-30(17-32(18-41)45(34)24-31)23-43-16-14-29(22-43)37(47)48/h3-13,15,17,24,26,29,46H,14,16,19-23,25H2,1-2H3,(H,47,48). The van der Waals surface area contributed by atoms with E-state index in [1.807, 2.05) is 60.0 Å². The number of aromatic nitrogens is 2. The lowest BCUT2D eigenvalue weighted by atomic mass is 9.62. The topological polar surface area (TPSA) is 114 Å². The first-order valence-corrected chi connectivity index (χ1v) is 17.1. The van der Waals surface area contributed by atoms with Crippen molar-refractivity contribution in [3.63, 3.8) is 0 Å². The second kappa shape index (κ2) is 13.1. The Hall–Kier alpha value is -4.46. The van der Waals surface area contributed by atoms with Gasteiger partial charge in [-0.2, -0.15) is 5.26 Å². The van der Waals surface area contributed by atoms with Gasteiger partial charge in [-0.3, -0.25) is 14.6 Å². The van der Waals surface area contributed by atoms with Crippen LogP contribution in [0.5, 0.6) is 5.88 Å². The zero-order valence-corrected chi connectivity index (χ0v) is 28.5. The van der Waals surface area contributed by atoms with Crippen molar-refractivity contribution in [2.45, 2.75) is 36.7 Å². The molecular formula is C39H40ClN5O4. The highest BCUT2D eigenvalue weighted by molar-refractivity contribution is 6.32. The van der Waals surface area contributed by atoms with Crippen molar-refractivity contribution >= 4 is 28.7 Å². The van der Waals surface area contributed by atoms with E-state index in [2.05, 4.69) is 52.3 Å². The van der Waals surface area contributed by atoms with Gasteiger partial charge in [-0.1, -0.05) is 60.7 Å². The van der Waals surface area contributed by atoms with Gasteiger partial charge in [0.05, 0.1) is 34.5 Å². The van der Waals surface area contributed by atoms with Crippen molar-refractivity contribution in [1.82, 2.24) is 19.2 Å². The molecule has 9 nitrogen and oxygen atoms in total. The molecule has 1 aliphatic carbocycles. The molecule has 10 heteroatoms. The molecule has 49 heavy (non-hydrogen) atoms. The number of rotatable bonds is 10. The van der Waals surface area contributed by atoms with Gasteiger partial charge >= 0.3 is 5.97 Å². The molecule has 2 saturated heterocycles. The van der Waals surface area contributed by atoms with Crippen LogP contribution in [0.15, 0.2) is 85.1 Å². The summed E-state index contributed by atoms with van der Waals surface area (Å²) in [7, 11) is 1.63. The zero-order valence-electron chi connectivity index (χ0n) is 27.7. The van der Waals surface area contributed by atoms with E-state index in [4.69, 9.17) is 21.3 Å². The highest BCUT2D eigenvalue weighted by Crippen LogP contribution is 2.55. The van der Waals surface area contributed by atoms with E-state index in [1.54, 1.807) is 7.11 Å². The first-order chi connectivity index (χ1) is 23.7. The van der Waals surface area contributed by atoms with E-state index in [-0.39, 0.29) is 12.5 Å². The van der Waals surface area contributed by atoms with Crippen molar-refractivity contribution < 1.29 is 19.7 Å². The van der Waals surface area contributed by atoms with Gasteiger partial charge < -0.3 is 19.4 Å². The van der Waals surface area contributed by atoms with Crippen LogP contribution in [0, 0.1) is 23.2 Å². The van der Waals surface area contributed by atoms with Crippen molar-refractivity contribution in [3.05, 3.63) is 119 Å². The Kier molecular flexibility index (Phi) is 8.84. The third kappa shape index (κ3) is 5.73. The number of aliphatic carboxylic acids is 1. The zero-order chi connectivity index (χ0) is 34.3. The first-order valence-electron chi connectivity index (χ1n) is 16.7. The minimum absolute atomic E-state index is 0.190. The minimum Gasteiger partial charge on any atom is -0.481 e. The molecule has 7 rings (SSSR count). The molecule has 3 aromatic heterocycles. The Balaban J connectivity index is 1.34. The molecule has 5 heterocycles. The van der Waals surface area contributed by atoms with Gasteiger partial charge in [0.15, 0.2) is 0 Å². The molecule has 1 aromatic carbocycles. The van der Waals surface area contributed by atoms with Crippen molar-refractivity contribution in [1.29, 1.82) is 5.26 Å². The molecule has 4 aromatic rings. The number of carboxylic acid groups (broad SMARTS) is 1. The lowest BCUT2D eigenvalue weighted by Gasteiger charge is -2.46. The van der Waals surface area contributed by atoms with Gasteiger partial charge in [-0.05, 0) is 60.4 Å². The number of methoxy groups -OCH3 is 1. The number of allylic oxidation sites excluding steroid dienone is 4. The number of alkyl halides is 1. The molecule has 0 spiro atoms. The number of fused-ring (bicyclic) bond motifs is 1. The largest absolute Gasteiger partial charge is 0.481 e. The van der Waals surface area contributed by atoms with Crippen LogP contribution < -0.4 is 4.74 Å². The summed E-state index contributed by atoms with van der Waals surface area (Å²) in [5.74, 6) is -0.317. The average molecular weight is 678 g/mol. The maximum absolute atomic E-state index is 11.6. The van der Waals surface area contributed by atoms with E-state index >= 15 is 0 Å². The summed E-state index contributed by atoms with van der Waals surface area (Å²) >= 11 is 7.87. The SMILES string of the molecule is COc1nc(C2(c3ccc4c(CN5CCC(C(=O)O)C5)cc(C#N)n4c3)C=CC=C(c3ccccc3)C2(C)Cl)ccc1CN1CC(CO)C1. The van der Waals surface area contributed by atoms with Crippen LogP contribution in [-0.4, -0.2) is 80.1 Å². The van der Waals surface area contributed by atoms with E-state index < -0.39 is 16.3 Å². The molecular weight excluding hydrogens is 638 g/mol. The number of ether oxygens (including phenoxy) is 1. The van der Waals surface area contributed by atoms with Crippen molar-refractivity contribution in [2.24, 2.45) is 11.8 Å². The molecule has 2 N–H and O–H groups in total. The number of pyridine rings is 2. The number of carboxylic acids is 1. The van der Waals surface area contributed by atoms with E-state index in [1.165, 1.54) is 0 Å². The number of carbonyl (C=O) groups is 1. The number of aliphatic hydroxyl groups is 1. The predicted octanol–water partition coefficient (Wildman–Crippen LogP) is 5.48. The van der Waals surface area contributed by atoms with Gasteiger partial charge in [0.25, 0.3) is 0 Å². The van der Waals surface area contributed by atoms with Gasteiger partial charge in [0.1, 0.15) is 11.8 Å². The Labute approximate surface area is 291 Å². The van der Waals surface area contributed by atoms with Crippen LogP contribution in [0.1, 0.15) is 47.0 Å². The van der Waals surface area contributed by atoms with Gasteiger partial charge in [0, 0.05) is 57.0 Å². The second-order valence-corrected chi connectivity index (χ2v) is 14.4. The molecule has 0 amide bonds. The van der Waals surface area contributed by atoms with Crippen molar-refractivity contribution in [2.75, 3.05) is 39.9 Å². The smallest absolute Gasteiger partial charge is 0.307 e. The fourth-order valence-electron chi connectivity index (χ4n) is 7.92. The Morgan fingerprint density at radius 3 is 2.55 bits per heavy atom. The number of halogens is 1. The van der Waals surface area contributed by atoms with Crippen molar-refractivity contribution in [3.8, 4) is 11.9 Å². The highest BCUT2D eigenvalue weighted by atomic mass is 35.5. The molecule has 0 bridgehead atoms. The third-order valence-electron chi connectivity index (χ3n) is 10.6. The summed E-state index contributed by atoms with van der Waals surface area (Å²) in [4.78, 5) is 20.1. The average Bonchev–Trinajstić information content (AvgIpc) is 3.71. The number of benzene rings is 1. The van der Waals surface area contributed by atoms with Crippen LogP contribution in [0.4, 0.5) is 0 Å². The Bertz CT molecular complexity index is 1990. The van der Waals surface area contributed by atoms with E-state index in [0.29, 0.717) is 55.8 Å². The lowest BCUT2D eigenvalue weighted by molar-refractivity contribution is -0.141. The summed E-state index contributed by atoms with van der Waals surface area (Å²) in [6.45, 7) is 6.29. The molecule has 2 aliphatic heterocycles. The van der Waals surface area contributed by atoms with E-state index in [0.717, 1.165) is 46.4 Å². The first kappa shape index (κ1) is 33.1. The summed E-state index contributed by atoms with van der Waals surface area (Å²) in [6, 6.07) is 22.6. The highest BCUT2D eigenvalue weighted by Gasteiger charge is 2.53. The number of aliphatic hydroxyl groups excluding tert-OH is 1. The Morgan fingerprint density at radius 1 is 1.08 bits per heavy atom. The fraction of sp³-hybridized carbons (Fsp3) is 0.359. The van der Waals surface area contributed by atoms with Crippen LogP contribution in [0.3, 0.4) is 0 Å². The molecule has 3 aliphatic rings. The third-order valence-corrected chi connectivity index (χ3v) is 11.1. The molecule has 0 radical (unpaired) electrons. The number of likely N-dealkylation sites (tertiary alicyclic amines) is 2.